The second kappa shape index (κ2) is 9.19. The Morgan fingerprint density at radius 3 is 2.26 bits per heavy atom. The minimum absolute atomic E-state index is 0.254. The minimum Gasteiger partial charge on any atom is -0.451 e. The summed E-state index contributed by atoms with van der Waals surface area (Å²) in [6.45, 7) is 4.88. The van der Waals surface area contributed by atoms with E-state index in [4.69, 9.17) is 16.3 Å². The number of hydrogen-bond acceptors (Lipinski definition) is 4. The molecule has 0 bridgehead atoms. The fourth-order valence-corrected chi connectivity index (χ4v) is 2.41. The van der Waals surface area contributed by atoms with Gasteiger partial charge in [-0.05, 0) is 45.0 Å². The summed E-state index contributed by atoms with van der Waals surface area (Å²) in [5, 5.41) is 5.45. The van der Waals surface area contributed by atoms with E-state index in [2.05, 4.69) is 10.6 Å². The number of esters is 1. The Balaban J connectivity index is 1.89. The van der Waals surface area contributed by atoms with Gasteiger partial charge in [-0.2, -0.15) is 0 Å². The zero-order valence-corrected chi connectivity index (χ0v) is 16.0. The molecule has 0 aromatic heterocycles. The summed E-state index contributed by atoms with van der Waals surface area (Å²) in [6, 6.07) is 12.8. The van der Waals surface area contributed by atoms with Gasteiger partial charge in [-0.25, -0.2) is 4.79 Å². The summed E-state index contributed by atoms with van der Waals surface area (Å²) in [5.74, 6) is -1.68. The SMILES string of the molecule is Cc1ccc(NC(=O)[C@@H](C)OC(=O)[C@H](C)NC(=O)c2ccccc2Cl)cc1. The Kier molecular flexibility index (Phi) is 6.96. The van der Waals surface area contributed by atoms with Crippen LogP contribution in [0.4, 0.5) is 5.69 Å². The van der Waals surface area contributed by atoms with E-state index in [0.29, 0.717) is 5.69 Å². The van der Waals surface area contributed by atoms with E-state index in [1.54, 1.807) is 36.4 Å². The van der Waals surface area contributed by atoms with Crippen molar-refractivity contribution in [3.63, 3.8) is 0 Å². The van der Waals surface area contributed by atoms with Crippen LogP contribution in [0.2, 0.25) is 5.02 Å². The van der Waals surface area contributed by atoms with Crippen LogP contribution in [0, 0.1) is 6.92 Å². The van der Waals surface area contributed by atoms with Gasteiger partial charge in [0.15, 0.2) is 6.10 Å². The molecule has 0 unspecified atom stereocenters. The number of benzene rings is 2. The topological polar surface area (TPSA) is 84.5 Å². The number of rotatable bonds is 6. The highest BCUT2D eigenvalue weighted by molar-refractivity contribution is 6.33. The molecule has 142 valence electrons. The first-order valence-corrected chi connectivity index (χ1v) is 8.79. The Bertz CT molecular complexity index is 836. The molecule has 0 radical (unpaired) electrons. The van der Waals surface area contributed by atoms with Gasteiger partial charge in [-0.1, -0.05) is 41.4 Å². The van der Waals surface area contributed by atoms with Crippen LogP contribution < -0.4 is 10.6 Å². The van der Waals surface area contributed by atoms with Crippen LogP contribution in [-0.2, 0) is 14.3 Å². The van der Waals surface area contributed by atoms with Crippen LogP contribution >= 0.6 is 11.6 Å². The summed E-state index contributed by atoms with van der Waals surface area (Å²) in [5.41, 5.74) is 1.92. The van der Waals surface area contributed by atoms with Gasteiger partial charge in [0.2, 0.25) is 0 Å². The molecule has 7 heteroatoms. The zero-order chi connectivity index (χ0) is 20.0. The van der Waals surface area contributed by atoms with Crippen molar-refractivity contribution >= 4 is 35.1 Å². The second-order valence-corrected chi connectivity index (χ2v) is 6.52. The number of carbonyl (C=O) groups is 3. The highest BCUT2D eigenvalue weighted by Gasteiger charge is 2.24. The fraction of sp³-hybridized carbons (Fsp3) is 0.250. The van der Waals surface area contributed by atoms with Crippen LogP contribution in [-0.4, -0.2) is 29.9 Å². The summed E-state index contributed by atoms with van der Waals surface area (Å²) >= 11 is 5.96. The molecule has 2 N–H and O–H groups in total. The third-order valence-corrected chi connectivity index (χ3v) is 4.13. The van der Waals surface area contributed by atoms with Crippen molar-refractivity contribution < 1.29 is 19.1 Å². The fourth-order valence-electron chi connectivity index (χ4n) is 2.19. The van der Waals surface area contributed by atoms with Gasteiger partial charge in [0.05, 0.1) is 10.6 Å². The number of ether oxygens (including phenoxy) is 1. The molecule has 0 aliphatic rings. The molecule has 2 atom stereocenters. The van der Waals surface area contributed by atoms with E-state index < -0.39 is 29.9 Å². The van der Waals surface area contributed by atoms with Crippen LogP contribution in [0.25, 0.3) is 0 Å². The average molecular weight is 389 g/mol. The first-order chi connectivity index (χ1) is 12.8. The average Bonchev–Trinajstić information content (AvgIpc) is 2.63. The number of nitrogens with one attached hydrogen (secondary N) is 2. The van der Waals surface area contributed by atoms with E-state index in [1.807, 2.05) is 19.1 Å². The van der Waals surface area contributed by atoms with Crippen LogP contribution in [0.15, 0.2) is 48.5 Å². The monoisotopic (exact) mass is 388 g/mol. The van der Waals surface area contributed by atoms with Crippen molar-refractivity contribution in [3.8, 4) is 0 Å². The Morgan fingerprint density at radius 2 is 1.63 bits per heavy atom. The number of aryl methyl sites for hydroxylation is 1. The predicted octanol–water partition coefficient (Wildman–Crippen LogP) is 3.34. The highest BCUT2D eigenvalue weighted by atomic mass is 35.5. The molecule has 27 heavy (non-hydrogen) atoms. The predicted molar refractivity (Wildman–Crippen MR) is 104 cm³/mol. The van der Waals surface area contributed by atoms with Crippen LogP contribution in [0.1, 0.15) is 29.8 Å². The van der Waals surface area contributed by atoms with E-state index in [1.165, 1.54) is 13.8 Å². The van der Waals surface area contributed by atoms with Crippen molar-refractivity contribution in [2.45, 2.75) is 32.9 Å². The molecule has 2 amide bonds. The lowest BCUT2D eigenvalue weighted by Crippen LogP contribution is -2.42. The number of amides is 2. The summed E-state index contributed by atoms with van der Waals surface area (Å²) in [4.78, 5) is 36.5. The maximum absolute atomic E-state index is 12.2. The van der Waals surface area contributed by atoms with Gasteiger partial charge in [0.25, 0.3) is 11.8 Å². The van der Waals surface area contributed by atoms with Crippen molar-refractivity contribution in [1.82, 2.24) is 5.32 Å². The number of halogens is 1. The third kappa shape index (κ3) is 5.82. The molecule has 0 saturated carbocycles. The van der Waals surface area contributed by atoms with Crippen LogP contribution in [0.3, 0.4) is 0 Å². The first-order valence-electron chi connectivity index (χ1n) is 8.41. The van der Waals surface area contributed by atoms with E-state index >= 15 is 0 Å². The quantitative estimate of drug-likeness (QED) is 0.743. The van der Waals surface area contributed by atoms with Gasteiger partial charge in [-0.15, -0.1) is 0 Å². The molecule has 0 spiro atoms. The smallest absolute Gasteiger partial charge is 0.329 e. The van der Waals surface area contributed by atoms with Crippen molar-refractivity contribution in [2.75, 3.05) is 5.32 Å². The Labute approximate surface area is 162 Å². The molecule has 2 rings (SSSR count). The molecular weight excluding hydrogens is 368 g/mol. The number of anilines is 1. The lowest BCUT2D eigenvalue weighted by molar-refractivity contribution is -0.154. The molecule has 0 aliphatic heterocycles. The maximum Gasteiger partial charge on any atom is 0.329 e. The van der Waals surface area contributed by atoms with Crippen molar-refractivity contribution in [3.05, 3.63) is 64.7 Å². The molecule has 0 saturated heterocycles. The standard InChI is InChI=1S/C20H21ClN2O4/c1-12-8-10-15(11-9-12)23-18(24)14(3)27-20(26)13(2)22-19(25)16-6-4-5-7-17(16)21/h4-11,13-14H,1-3H3,(H,22,25)(H,23,24)/t13-,14+/m0/s1. The Hall–Kier alpha value is -2.86. The molecule has 2 aromatic carbocycles. The molecule has 0 fully saturated rings. The molecule has 2 aromatic rings. The van der Waals surface area contributed by atoms with Gasteiger partial charge >= 0.3 is 5.97 Å². The number of carbonyl (C=O) groups excluding carboxylic acids is 3. The molecular formula is C20H21ClN2O4. The molecule has 0 heterocycles. The van der Waals surface area contributed by atoms with Gasteiger partial charge in [0.1, 0.15) is 6.04 Å². The van der Waals surface area contributed by atoms with E-state index in [-0.39, 0.29) is 10.6 Å². The summed E-state index contributed by atoms with van der Waals surface area (Å²) in [6.07, 6.45) is -1.02. The number of hydrogen-bond donors (Lipinski definition) is 2. The van der Waals surface area contributed by atoms with Gasteiger partial charge < -0.3 is 15.4 Å². The van der Waals surface area contributed by atoms with Crippen molar-refractivity contribution in [1.29, 1.82) is 0 Å². The Morgan fingerprint density at radius 1 is 1.00 bits per heavy atom. The molecule has 0 aliphatic carbocycles. The third-order valence-electron chi connectivity index (χ3n) is 3.80. The van der Waals surface area contributed by atoms with Crippen molar-refractivity contribution in [2.24, 2.45) is 0 Å². The second-order valence-electron chi connectivity index (χ2n) is 6.11. The van der Waals surface area contributed by atoms with E-state index in [9.17, 15) is 14.4 Å². The van der Waals surface area contributed by atoms with Crippen LogP contribution in [0.5, 0.6) is 0 Å². The summed E-state index contributed by atoms with van der Waals surface area (Å²) < 4.78 is 5.14. The summed E-state index contributed by atoms with van der Waals surface area (Å²) in [7, 11) is 0. The van der Waals surface area contributed by atoms with Gasteiger partial charge in [-0.3, -0.25) is 9.59 Å². The highest BCUT2D eigenvalue weighted by Crippen LogP contribution is 2.15. The minimum atomic E-state index is -1.02. The van der Waals surface area contributed by atoms with E-state index in [0.717, 1.165) is 5.56 Å². The molecule has 6 nitrogen and oxygen atoms in total. The maximum atomic E-state index is 12.2. The first kappa shape index (κ1) is 20.5. The lowest BCUT2D eigenvalue weighted by Gasteiger charge is -2.18. The lowest BCUT2D eigenvalue weighted by atomic mass is 10.2. The zero-order valence-electron chi connectivity index (χ0n) is 15.3. The normalized spacial score (nSPS) is 12.6. The largest absolute Gasteiger partial charge is 0.451 e. The van der Waals surface area contributed by atoms with Gasteiger partial charge in [0, 0.05) is 5.69 Å².